The number of benzene rings is 1. The Bertz CT molecular complexity index is 908. The summed E-state index contributed by atoms with van der Waals surface area (Å²) in [7, 11) is 1.42. The molecule has 5 aliphatic heterocycles. The van der Waals surface area contributed by atoms with Crippen LogP contribution in [0.15, 0.2) is 35.9 Å². The molecule has 1 aromatic carbocycles. The summed E-state index contributed by atoms with van der Waals surface area (Å²) >= 11 is 0. The zero-order valence-corrected chi connectivity index (χ0v) is 15.0. The number of esters is 1. The number of hydrogen-bond donors (Lipinski definition) is 1. The van der Waals surface area contributed by atoms with E-state index in [2.05, 4.69) is 28.4 Å². The van der Waals surface area contributed by atoms with E-state index >= 15 is 0 Å². The van der Waals surface area contributed by atoms with E-state index in [1.807, 2.05) is 19.1 Å². The van der Waals surface area contributed by atoms with Gasteiger partial charge in [0.25, 0.3) is 0 Å². The Morgan fingerprint density at radius 2 is 2.19 bits per heavy atom. The van der Waals surface area contributed by atoms with Crippen LogP contribution in [0.3, 0.4) is 0 Å². The van der Waals surface area contributed by atoms with Crippen LogP contribution in [0.5, 0.6) is 0 Å². The Morgan fingerprint density at radius 1 is 1.38 bits per heavy atom. The molecular weight excluding hydrogens is 328 g/mol. The molecule has 5 heterocycles. The maximum Gasteiger partial charge on any atom is 0.321 e. The molecule has 7 atom stereocenters. The second-order valence-electron chi connectivity index (χ2n) is 8.44. The summed E-state index contributed by atoms with van der Waals surface area (Å²) in [4.78, 5) is 29.8. The molecule has 5 nitrogen and oxygen atoms in total. The van der Waals surface area contributed by atoms with E-state index in [0.29, 0.717) is 6.04 Å². The highest BCUT2D eigenvalue weighted by molar-refractivity contribution is 6.15. The molecule has 4 saturated heterocycles. The van der Waals surface area contributed by atoms with Gasteiger partial charge in [0.2, 0.25) is 0 Å². The van der Waals surface area contributed by atoms with Crippen molar-refractivity contribution >= 4 is 17.4 Å². The lowest BCUT2D eigenvalue weighted by molar-refractivity contribution is -0.172. The van der Waals surface area contributed by atoms with Crippen LogP contribution < -0.4 is 5.32 Å². The molecular formula is C21H22N2O3. The molecule has 7 rings (SSSR count). The van der Waals surface area contributed by atoms with Crippen LogP contribution in [0, 0.1) is 11.3 Å². The third-order valence-electron chi connectivity index (χ3n) is 8.02. The van der Waals surface area contributed by atoms with Gasteiger partial charge < -0.3 is 10.1 Å². The number of para-hydroxylation sites is 1. The number of rotatable bonds is 1. The molecule has 5 fully saturated rings. The van der Waals surface area contributed by atoms with Gasteiger partial charge in [0.1, 0.15) is 5.41 Å². The molecule has 26 heavy (non-hydrogen) atoms. The molecule has 0 radical (unpaired) electrons. The molecule has 5 heteroatoms. The smallest absolute Gasteiger partial charge is 0.321 e. The summed E-state index contributed by atoms with van der Waals surface area (Å²) in [5.74, 6) is -0.258. The number of nitrogens with zero attached hydrogens (tertiary/aromatic N) is 1. The van der Waals surface area contributed by atoms with Crippen molar-refractivity contribution in [1.82, 2.24) is 4.90 Å². The van der Waals surface area contributed by atoms with Crippen LogP contribution in [-0.2, 0) is 19.7 Å². The maximum atomic E-state index is 14.2. The van der Waals surface area contributed by atoms with Gasteiger partial charge in [0.05, 0.1) is 18.6 Å². The first-order valence-corrected chi connectivity index (χ1v) is 9.51. The standard InChI is InChI=1S/C21H22N2O3/c1-3-11-10-23-15-8-13(11)21(19(25)26-2)16(23)9-20(18(21)24)12-6-4-5-7-14(12)22-17(15)20/h3-7,13,15-17,22H,8-10H2,1-2H3/b11-3+/t13-,15?,16-,17-,20?,21+/m0/s1. The normalized spacial score (nSPS) is 47.7. The number of carbonyl (C=O) groups is 2. The maximum absolute atomic E-state index is 14.2. The number of anilines is 1. The van der Waals surface area contributed by atoms with Crippen LogP contribution in [0.1, 0.15) is 25.3 Å². The number of fused-ring (bicyclic) bond motifs is 2. The van der Waals surface area contributed by atoms with E-state index in [-0.39, 0.29) is 29.8 Å². The topological polar surface area (TPSA) is 58.6 Å². The third kappa shape index (κ3) is 1.23. The molecule has 0 aromatic heterocycles. The van der Waals surface area contributed by atoms with Gasteiger partial charge in [0, 0.05) is 30.2 Å². The summed E-state index contributed by atoms with van der Waals surface area (Å²) in [6.07, 6.45) is 3.68. The van der Waals surface area contributed by atoms with Crippen molar-refractivity contribution in [2.24, 2.45) is 11.3 Å². The van der Waals surface area contributed by atoms with E-state index in [0.717, 1.165) is 30.6 Å². The van der Waals surface area contributed by atoms with Crippen LogP contribution in [0.4, 0.5) is 5.69 Å². The monoisotopic (exact) mass is 350 g/mol. The number of piperidine rings is 4. The lowest BCUT2D eigenvalue weighted by Crippen LogP contribution is -2.71. The van der Waals surface area contributed by atoms with Gasteiger partial charge in [-0.1, -0.05) is 29.8 Å². The first-order chi connectivity index (χ1) is 12.6. The molecule has 6 aliphatic rings. The highest BCUT2D eigenvalue weighted by atomic mass is 16.5. The fourth-order valence-corrected chi connectivity index (χ4v) is 7.18. The van der Waals surface area contributed by atoms with Gasteiger partial charge in [-0.15, -0.1) is 0 Å². The van der Waals surface area contributed by atoms with Crippen molar-refractivity contribution in [1.29, 1.82) is 0 Å². The Labute approximate surface area is 152 Å². The number of Topliss-reactive ketones (excluding diaryl/α,β-unsaturated/α-hetero) is 1. The zero-order chi connectivity index (χ0) is 17.8. The number of methoxy groups -OCH3 is 1. The molecule has 1 aromatic rings. The average molecular weight is 350 g/mol. The Kier molecular flexibility index (Phi) is 2.53. The Balaban J connectivity index is 1.67. The predicted molar refractivity (Wildman–Crippen MR) is 95.7 cm³/mol. The third-order valence-corrected chi connectivity index (χ3v) is 8.02. The molecule has 5 bridgehead atoms. The van der Waals surface area contributed by atoms with Gasteiger partial charge in [-0.3, -0.25) is 14.5 Å². The summed E-state index contributed by atoms with van der Waals surface area (Å²) in [5, 5.41) is 3.67. The Morgan fingerprint density at radius 3 is 2.96 bits per heavy atom. The van der Waals surface area contributed by atoms with E-state index in [1.165, 1.54) is 12.7 Å². The molecule has 1 spiro atoms. The highest BCUT2D eigenvalue weighted by Gasteiger charge is 2.82. The average Bonchev–Trinajstić information content (AvgIpc) is 3.13. The molecule has 0 amide bonds. The molecule has 3 unspecified atom stereocenters. The van der Waals surface area contributed by atoms with Gasteiger partial charge in [-0.25, -0.2) is 0 Å². The van der Waals surface area contributed by atoms with E-state index < -0.39 is 10.8 Å². The van der Waals surface area contributed by atoms with Gasteiger partial charge in [-0.2, -0.15) is 0 Å². The number of ether oxygens (including phenoxy) is 1. The number of carbonyl (C=O) groups excluding carboxylic acids is 2. The van der Waals surface area contributed by atoms with Crippen LogP contribution in [0.25, 0.3) is 0 Å². The number of hydrogen-bond acceptors (Lipinski definition) is 5. The minimum absolute atomic E-state index is 0.0219. The molecule has 1 aliphatic carbocycles. The van der Waals surface area contributed by atoms with Gasteiger partial charge in [0.15, 0.2) is 5.78 Å². The summed E-state index contributed by atoms with van der Waals surface area (Å²) in [6, 6.07) is 8.46. The number of allylic oxidation sites excluding steroid dienone is 1. The fraction of sp³-hybridized carbons (Fsp3) is 0.524. The Hall–Kier alpha value is -2.14. The predicted octanol–water partition coefficient (Wildman–Crippen LogP) is 1.88. The summed E-state index contributed by atoms with van der Waals surface area (Å²) in [5.41, 5.74) is 1.73. The van der Waals surface area contributed by atoms with E-state index in [1.54, 1.807) is 0 Å². The fourth-order valence-electron chi connectivity index (χ4n) is 7.18. The van der Waals surface area contributed by atoms with Gasteiger partial charge >= 0.3 is 5.97 Å². The van der Waals surface area contributed by atoms with Crippen LogP contribution in [-0.4, -0.2) is 48.4 Å². The summed E-state index contributed by atoms with van der Waals surface area (Å²) < 4.78 is 5.28. The molecule has 1 N–H and O–H groups in total. The number of nitrogens with one attached hydrogen (secondary N) is 1. The van der Waals surface area contributed by atoms with E-state index in [9.17, 15) is 9.59 Å². The highest BCUT2D eigenvalue weighted by Crippen LogP contribution is 2.70. The van der Waals surface area contributed by atoms with Crippen molar-refractivity contribution in [3.8, 4) is 0 Å². The minimum atomic E-state index is -1.04. The first-order valence-electron chi connectivity index (χ1n) is 9.51. The van der Waals surface area contributed by atoms with Crippen molar-refractivity contribution < 1.29 is 14.3 Å². The van der Waals surface area contributed by atoms with Crippen molar-refractivity contribution in [2.45, 2.75) is 43.3 Å². The second-order valence-corrected chi connectivity index (χ2v) is 8.44. The number of ketones is 1. The second kappa shape index (κ2) is 4.39. The molecule has 134 valence electrons. The zero-order valence-electron chi connectivity index (χ0n) is 15.0. The largest absolute Gasteiger partial charge is 0.468 e. The van der Waals surface area contributed by atoms with Crippen molar-refractivity contribution in [2.75, 3.05) is 19.0 Å². The quantitative estimate of drug-likeness (QED) is 0.476. The van der Waals surface area contributed by atoms with Crippen molar-refractivity contribution in [3.05, 3.63) is 41.5 Å². The molecule has 1 saturated carbocycles. The lowest BCUT2D eigenvalue weighted by Gasteiger charge is -2.60. The first kappa shape index (κ1) is 15.0. The summed E-state index contributed by atoms with van der Waals surface area (Å²) in [6.45, 7) is 2.89. The van der Waals surface area contributed by atoms with Crippen molar-refractivity contribution in [3.63, 3.8) is 0 Å². The van der Waals surface area contributed by atoms with E-state index in [4.69, 9.17) is 4.74 Å². The lowest BCUT2D eigenvalue weighted by atomic mass is 9.59. The SMILES string of the molecule is C/C=C1\CN2C3C[C@@H]1[C@]1(C(=O)OC)C(=O)C4(C[C@H]21)c1ccccc1N[C@@H]34. The van der Waals surface area contributed by atoms with Gasteiger partial charge in [-0.05, 0) is 31.4 Å². The van der Waals surface area contributed by atoms with Crippen LogP contribution in [0.2, 0.25) is 0 Å². The van der Waals surface area contributed by atoms with Crippen LogP contribution >= 0.6 is 0 Å². The minimum Gasteiger partial charge on any atom is -0.468 e.